The van der Waals surface area contributed by atoms with E-state index in [1.807, 2.05) is 49.5 Å². The van der Waals surface area contributed by atoms with Gasteiger partial charge in [0, 0.05) is 21.7 Å². The number of methoxy groups -OCH3 is 1. The molecule has 2 aromatic carbocycles. The van der Waals surface area contributed by atoms with Gasteiger partial charge in [-0.15, -0.1) is 0 Å². The third kappa shape index (κ3) is 2.30. The normalized spacial score (nSPS) is 10.6. The number of nitrogens with zero attached hydrogens (tertiary/aromatic N) is 2. The van der Waals surface area contributed by atoms with E-state index in [1.54, 1.807) is 7.11 Å². The monoisotopic (exact) mass is 340 g/mol. The maximum Gasteiger partial charge on any atom is 0.119 e. The molecule has 0 aliphatic rings. The van der Waals surface area contributed by atoms with E-state index >= 15 is 0 Å². The summed E-state index contributed by atoms with van der Waals surface area (Å²) in [5.41, 5.74) is 3.81. The highest BCUT2D eigenvalue weighted by atomic mass is 79.9. The fourth-order valence-corrected chi connectivity index (χ4v) is 2.93. The summed E-state index contributed by atoms with van der Waals surface area (Å²) in [5.74, 6) is 0.831. The summed E-state index contributed by atoms with van der Waals surface area (Å²) in [6, 6.07) is 14.1. The van der Waals surface area contributed by atoms with Crippen LogP contribution in [0.5, 0.6) is 5.75 Å². The van der Waals surface area contributed by atoms with Gasteiger partial charge in [-0.25, -0.2) is 0 Å². The van der Waals surface area contributed by atoms with Crippen molar-refractivity contribution in [3.05, 3.63) is 58.2 Å². The Morgan fingerprint density at radius 3 is 2.52 bits per heavy atom. The largest absolute Gasteiger partial charge is 0.497 e. The number of nitriles is 1. The van der Waals surface area contributed by atoms with E-state index in [1.165, 1.54) is 0 Å². The molecule has 104 valence electrons. The van der Waals surface area contributed by atoms with Gasteiger partial charge in [0.25, 0.3) is 0 Å². The lowest BCUT2D eigenvalue weighted by atomic mass is 10.1. The Hall–Kier alpha value is -2.25. The van der Waals surface area contributed by atoms with Crippen LogP contribution in [0.1, 0.15) is 11.1 Å². The molecule has 0 saturated carbocycles. The second-order valence-electron chi connectivity index (χ2n) is 4.84. The molecule has 1 heterocycles. The van der Waals surface area contributed by atoms with E-state index < -0.39 is 0 Å². The number of hydrogen-bond donors (Lipinski definition) is 0. The van der Waals surface area contributed by atoms with Gasteiger partial charge in [-0.05, 0) is 64.8 Å². The van der Waals surface area contributed by atoms with Crippen LogP contribution in [0.2, 0.25) is 0 Å². The van der Waals surface area contributed by atoms with E-state index in [-0.39, 0.29) is 0 Å². The highest BCUT2D eigenvalue weighted by Gasteiger charge is 2.11. The van der Waals surface area contributed by atoms with Crippen molar-refractivity contribution in [1.29, 1.82) is 5.26 Å². The Kier molecular flexibility index (Phi) is 3.44. The third-order valence-corrected chi connectivity index (χ3v) is 4.20. The minimum absolute atomic E-state index is 0.704. The molecule has 4 heteroatoms. The molecule has 0 fully saturated rings. The lowest BCUT2D eigenvalue weighted by Gasteiger charge is -2.07. The smallest absolute Gasteiger partial charge is 0.119 e. The number of fused-ring (bicyclic) bond motifs is 1. The molecule has 0 aliphatic heterocycles. The third-order valence-electron chi connectivity index (χ3n) is 3.57. The minimum Gasteiger partial charge on any atom is -0.497 e. The summed E-state index contributed by atoms with van der Waals surface area (Å²) < 4.78 is 8.27. The predicted molar refractivity (Wildman–Crippen MR) is 87.0 cm³/mol. The van der Waals surface area contributed by atoms with Crippen molar-refractivity contribution in [3.63, 3.8) is 0 Å². The highest BCUT2D eigenvalue weighted by Crippen LogP contribution is 2.31. The molecule has 0 amide bonds. The van der Waals surface area contributed by atoms with Crippen molar-refractivity contribution < 1.29 is 4.74 Å². The zero-order chi connectivity index (χ0) is 15.0. The molecular weight excluding hydrogens is 328 g/mol. The van der Waals surface area contributed by atoms with E-state index in [0.717, 1.165) is 32.4 Å². The summed E-state index contributed by atoms with van der Waals surface area (Å²) in [6.07, 6.45) is 2.02. The SMILES string of the molecule is COc1ccc(-n2cc(Br)c3cc(C#N)c(C)cc32)cc1. The number of rotatable bonds is 2. The number of aromatic nitrogens is 1. The summed E-state index contributed by atoms with van der Waals surface area (Å²) in [6.45, 7) is 1.96. The Bertz CT molecular complexity index is 857. The van der Waals surface area contributed by atoms with Crippen molar-refractivity contribution in [2.24, 2.45) is 0 Å². The molecule has 0 unspecified atom stereocenters. The molecule has 0 spiro atoms. The first-order valence-electron chi connectivity index (χ1n) is 6.50. The van der Waals surface area contributed by atoms with Gasteiger partial charge in [-0.2, -0.15) is 5.26 Å². The van der Waals surface area contributed by atoms with E-state index in [4.69, 9.17) is 10.00 Å². The fraction of sp³-hybridized carbons (Fsp3) is 0.118. The summed E-state index contributed by atoms with van der Waals surface area (Å²) in [4.78, 5) is 0. The molecule has 0 N–H and O–H groups in total. The van der Waals surface area contributed by atoms with E-state index in [9.17, 15) is 0 Å². The molecule has 3 rings (SSSR count). The van der Waals surface area contributed by atoms with Crippen molar-refractivity contribution in [3.8, 4) is 17.5 Å². The van der Waals surface area contributed by atoms with Gasteiger partial charge in [0.15, 0.2) is 0 Å². The number of hydrogen-bond acceptors (Lipinski definition) is 2. The van der Waals surface area contributed by atoms with Crippen LogP contribution in [-0.4, -0.2) is 11.7 Å². The summed E-state index contributed by atoms with van der Waals surface area (Å²) in [5, 5.41) is 10.2. The average molecular weight is 341 g/mol. The Labute approximate surface area is 131 Å². The van der Waals surface area contributed by atoms with Crippen molar-refractivity contribution >= 4 is 26.8 Å². The first-order valence-corrected chi connectivity index (χ1v) is 7.29. The van der Waals surface area contributed by atoms with Crippen molar-refractivity contribution in [2.45, 2.75) is 6.92 Å². The van der Waals surface area contributed by atoms with Gasteiger partial charge < -0.3 is 9.30 Å². The van der Waals surface area contributed by atoms with E-state index in [2.05, 4.69) is 26.6 Å². The molecule has 21 heavy (non-hydrogen) atoms. The number of halogens is 1. The second-order valence-corrected chi connectivity index (χ2v) is 5.70. The van der Waals surface area contributed by atoms with Gasteiger partial charge >= 0.3 is 0 Å². The average Bonchev–Trinajstić information content (AvgIpc) is 2.82. The minimum atomic E-state index is 0.704. The lowest BCUT2D eigenvalue weighted by molar-refractivity contribution is 0.415. The van der Waals surface area contributed by atoms with Gasteiger partial charge in [-0.1, -0.05) is 0 Å². The zero-order valence-corrected chi connectivity index (χ0v) is 13.3. The van der Waals surface area contributed by atoms with E-state index in [0.29, 0.717) is 5.56 Å². The van der Waals surface area contributed by atoms with Gasteiger partial charge in [0.1, 0.15) is 5.75 Å². The van der Waals surface area contributed by atoms with Crippen molar-refractivity contribution in [1.82, 2.24) is 4.57 Å². The first-order chi connectivity index (χ1) is 10.1. The maximum absolute atomic E-state index is 9.16. The maximum atomic E-state index is 9.16. The highest BCUT2D eigenvalue weighted by molar-refractivity contribution is 9.10. The predicted octanol–water partition coefficient (Wildman–Crippen LogP) is 4.58. The molecule has 0 atom stereocenters. The van der Waals surface area contributed by atoms with Gasteiger partial charge in [0.2, 0.25) is 0 Å². The van der Waals surface area contributed by atoms with Crippen LogP contribution in [-0.2, 0) is 0 Å². The zero-order valence-electron chi connectivity index (χ0n) is 11.7. The molecule has 0 bridgehead atoms. The fourth-order valence-electron chi connectivity index (χ4n) is 2.41. The van der Waals surface area contributed by atoms with Gasteiger partial charge in [-0.3, -0.25) is 0 Å². The molecule has 0 aliphatic carbocycles. The second kappa shape index (κ2) is 5.27. The van der Waals surface area contributed by atoms with Crippen LogP contribution in [0, 0.1) is 18.3 Å². The molecule has 0 radical (unpaired) electrons. The Morgan fingerprint density at radius 2 is 1.90 bits per heavy atom. The lowest BCUT2D eigenvalue weighted by Crippen LogP contribution is -1.93. The molecular formula is C17H13BrN2O. The Balaban J connectivity index is 2.23. The Morgan fingerprint density at radius 1 is 1.19 bits per heavy atom. The first kappa shape index (κ1) is 13.7. The van der Waals surface area contributed by atoms with Crippen molar-refractivity contribution in [2.75, 3.05) is 7.11 Å². The summed E-state index contributed by atoms with van der Waals surface area (Å²) >= 11 is 3.58. The van der Waals surface area contributed by atoms with Crippen LogP contribution in [0.3, 0.4) is 0 Å². The number of aryl methyl sites for hydroxylation is 1. The van der Waals surface area contributed by atoms with Gasteiger partial charge in [0.05, 0.1) is 24.3 Å². The molecule has 3 aromatic rings. The number of ether oxygens (including phenoxy) is 1. The molecule has 1 aromatic heterocycles. The van der Waals surface area contributed by atoms with Crippen LogP contribution in [0.15, 0.2) is 47.1 Å². The molecule has 0 saturated heterocycles. The summed E-state index contributed by atoms with van der Waals surface area (Å²) in [7, 11) is 1.66. The topological polar surface area (TPSA) is 38.0 Å². The van der Waals surface area contributed by atoms with Crippen LogP contribution in [0.25, 0.3) is 16.6 Å². The molecule has 3 nitrogen and oxygen atoms in total. The quantitative estimate of drug-likeness (QED) is 0.684. The van der Waals surface area contributed by atoms with Crippen LogP contribution >= 0.6 is 15.9 Å². The van der Waals surface area contributed by atoms with Crippen LogP contribution in [0.4, 0.5) is 0 Å². The van der Waals surface area contributed by atoms with Crippen LogP contribution < -0.4 is 4.74 Å². The standard InChI is InChI=1S/C17H13BrN2O/c1-11-7-17-15(8-12(11)9-19)16(18)10-20(17)13-3-5-14(21-2)6-4-13/h3-8,10H,1-2H3. The number of benzene rings is 2.